The summed E-state index contributed by atoms with van der Waals surface area (Å²) in [4.78, 5) is 10.4. The van der Waals surface area contributed by atoms with E-state index in [0.717, 1.165) is 37.8 Å². The number of aromatic nitrogens is 2. The minimum absolute atomic E-state index is 0.430. The lowest BCUT2D eigenvalue weighted by atomic mass is 10.3. The van der Waals surface area contributed by atoms with E-state index in [1.807, 2.05) is 6.07 Å². The van der Waals surface area contributed by atoms with Gasteiger partial charge < -0.3 is 9.64 Å². The van der Waals surface area contributed by atoms with E-state index >= 15 is 0 Å². The van der Waals surface area contributed by atoms with Crippen LogP contribution in [0, 0.1) is 0 Å². The largest absolute Gasteiger partial charge is 0.378 e. The van der Waals surface area contributed by atoms with Gasteiger partial charge in [-0.15, -0.1) is 11.6 Å². The van der Waals surface area contributed by atoms with Crippen molar-refractivity contribution in [3.05, 3.63) is 18.1 Å². The van der Waals surface area contributed by atoms with E-state index in [1.54, 1.807) is 6.33 Å². The van der Waals surface area contributed by atoms with Crippen molar-refractivity contribution in [1.82, 2.24) is 9.97 Å². The molecule has 2 heterocycles. The van der Waals surface area contributed by atoms with Gasteiger partial charge in [-0.1, -0.05) is 0 Å². The summed E-state index contributed by atoms with van der Waals surface area (Å²) in [6, 6.07) is 1.93. The normalized spacial score (nSPS) is 17.1. The molecular weight excluding hydrogens is 202 g/mol. The standard InChI is InChI=1S/C9H12ClN3O/c10-6-8-5-9(12-7-11-8)13-1-3-14-4-2-13/h5,7H,1-4,6H2. The average Bonchev–Trinajstić information content (AvgIpc) is 2.30. The third-order valence-electron chi connectivity index (χ3n) is 2.18. The number of nitrogens with zero attached hydrogens (tertiary/aromatic N) is 3. The lowest BCUT2D eigenvalue weighted by Crippen LogP contribution is -2.36. The van der Waals surface area contributed by atoms with Crippen LogP contribution in [0.5, 0.6) is 0 Å². The second-order valence-corrected chi connectivity index (χ2v) is 3.37. The molecule has 5 heteroatoms. The topological polar surface area (TPSA) is 38.2 Å². The number of anilines is 1. The van der Waals surface area contributed by atoms with Crippen molar-refractivity contribution in [3.63, 3.8) is 0 Å². The van der Waals surface area contributed by atoms with Gasteiger partial charge in [0.15, 0.2) is 0 Å². The number of alkyl halides is 1. The van der Waals surface area contributed by atoms with Crippen LogP contribution < -0.4 is 4.90 Å². The molecule has 0 atom stereocenters. The molecule has 4 nitrogen and oxygen atoms in total. The molecule has 1 aliphatic rings. The van der Waals surface area contributed by atoms with Crippen LogP contribution in [0.1, 0.15) is 5.69 Å². The molecule has 0 bridgehead atoms. The van der Waals surface area contributed by atoms with Crippen LogP contribution in [0.2, 0.25) is 0 Å². The Morgan fingerprint density at radius 1 is 1.36 bits per heavy atom. The van der Waals surface area contributed by atoms with Crippen LogP contribution in [0.15, 0.2) is 12.4 Å². The maximum atomic E-state index is 5.70. The Labute approximate surface area is 87.9 Å². The average molecular weight is 214 g/mol. The van der Waals surface area contributed by atoms with Crippen LogP contribution in [-0.4, -0.2) is 36.3 Å². The maximum Gasteiger partial charge on any atom is 0.132 e. The molecule has 1 saturated heterocycles. The van der Waals surface area contributed by atoms with E-state index < -0.39 is 0 Å². The molecule has 0 aliphatic carbocycles. The number of rotatable bonds is 2. The fourth-order valence-corrected chi connectivity index (χ4v) is 1.57. The highest BCUT2D eigenvalue weighted by Gasteiger charge is 2.12. The minimum atomic E-state index is 0.430. The van der Waals surface area contributed by atoms with Crippen LogP contribution in [0.4, 0.5) is 5.82 Å². The van der Waals surface area contributed by atoms with E-state index in [0.29, 0.717) is 5.88 Å². The van der Waals surface area contributed by atoms with Crippen molar-refractivity contribution >= 4 is 17.4 Å². The Kier molecular flexibility index (Phi) is 3.16. The van der Waals surface area contributed by atoms with E-state index in [9.17, 15) is 0 Å². The lowest BCUT2D eigenvalue weighted by molar-refractivity contribution is 0.122. The second kappa shape index (κ2) is 4.57. The summed E-state index contributed by atoms with van der Waals surface area (Å²) in [6.45, 7) is 3.30. The Balaban J connectivity index is 2.13. The Bertz CT molecular complexity index is 302. The predicted octanol–water partition coefficient (Wildman–Crippen LogP) is 1.05. The molecular formula is C9H12ClN3O. The molecule has 14 heavy (non-hydrogen) atoms. The van der Waals surface area contributed by atoms with Crippen molar-refractivity contribution in [1.29, 1.82) is 0 Å². The van der Waals surface area contributed by atoms with Crippen molar-refractivity contribution in [2.45, 2.75) is 5.88 Å². The number of hydrogen-bond donors (Lipinski definition) is 0. The van der Waals surface area contributed by atoms with Crippen LogP contribution in [0.25, 0.3) is 0 Å². The number of morpholine rings is 1. The fraction of sp³-hybridized carbons (Fsp3) is 0.556. The highest BCUT2D eigenvalue weighted by atomic mass is 35.5. The highest BCUT2D eigenvalue weighted by Crippen LogP contribution is 2.13. The van der Waals surface area contributed by atoms with Gasteiger partial charge in [0, 0.05) is 19.2 Å². The molecule has 76 valence electrons. The maximum absolute atomic E-state index is 5.70. The van der Waals surface area contributed by atoms with Gasteiger partial charge in [-0.05, 0) is 0 Å². The summed E-state index contributed by atoms with van der Waals surface area (Å²) < 4.78 is 5.27. The number of ether oxygens (including phenoxy) is 1. The molecule has 1 aliphatic heterocycles. The lowest BCUT2D eigenvalue weighted by Gasteiger charge is -2.27. The summed E-state index contributed by atoms with van der Waals surface area (Å²) in [5.74, 6) is 1.37. The highest BCUT2D eigenvalue weighted by molar-refractivity contribution is 6.16. The summed E-state index contributed by atoms with van der Waals surface area (Å²) >= 11 is 5.70. The van der Waals surface area contributed by atoms with E-state index in [4.69, 9.17) is 16.3 Å². The van der Waals surface area contributed by atoms with Gasteiger partial charge in [0.1, 0.15) is 12.1 Å². The van der Waals surface area contributed by atoms with Gasteiger partial charge in [0.25, 0.3) is 0 Å². The third-order valence-corrected chi connectivity index (χ3v) is 2.46. The molecule has 0 aromatic carbocycles. The Morgan fingerprint density at radius 3 is 2.86 bits per heavy atom. The quantitative estimate of drug-likeness (QED) is 0.689. The van der Waals surface area contributed by atoms with Gasteiger partial charge >= 0.3 is 0 Å². The first-order valence-electron chi connectivity index (χ1n) is 4.60. The third kappa shape index (κ3) is 2.13. The zero-order chi connectivity index (χ0) is 9.80. The summed E-state index contributed by atoms with van der Waals surface area (Å²) in [7, 11) is 0. The zero-order valence-electron chi connectivity index (χ0n) is 7.82. The first kappa shape index (κ1) is 9.68. The minimum Gasteiger partial charge on any atom is -0.378 e. The van der Waals surface area contributed by atoms with Crippen molar-refractivity contribution in [3.8, 4) is 0 Å². The van der Waals surface area contributed by atoms with Crippen LogP contribution >= 0.6 is 11.6 Å². The summed E-state index contributed by atoms with van der Waals surface area (Å²) in [5, 5.41) is 0. The molecule has 0 amide bonds. The first-order valence-corrected chi connectivity index (χ1v) is 5.13. The van der Waals surface area contributed by atoms with Gasteiger partial charge in [-0.3, -0.25) is 0 Å². The fourth-order valence-electron chi connectivity index (χ4n) is 1.42. The van der Waals surface area contributed by atoms with E-state index in [1.165, 1.54) is 0 Å². The molecule has 0 N–H and O–H groups in total. The van der Waals surface area contributed by atoms with Crippen LogP contribution in [0.3, 0.4) is 0 Å². The number of halogens is 1. The van der Waals surface area contributed by atoms with E-state index in [-0.39, 0.29) is 0 Å². The second-order valence-electron chi connectivity index (χ2n) is 3.10. The monoisotopic (exact) mass is 213 g/mol. The molecule has 1 fully saturated rings. The predicted molar refractivity (Wildman–Crippen MR) is 54.6 cm³/mol. The molecule has 1 aromatic heterocycles. The summed E-state index contributed by atoms with van der Waals surface area (Å²) in [6.07, 6.45) is 1.56. The van der Waals surface area contributed by atoms with Crippen molar-refractivity contribution < 1.29 is 4.74 Å². The van der Waals surface area contributed by atoms with Crippen molar-refractivity contribution in [2.24, 2.45) is 0 Å². The Hall–Kier alpha value is -0.870. The molecule has 0 saturated carbocycles. The number of hydrogen-bond acceptors (Lipinski definition) is 4. The van der Waals surface area contributed by atoms with Gasteiger partial charge in [-0.25, -0.2) is 9.97 Å². The molecule has 0 radical (unpaired) electrons. The Morgan fingerprint density at radius 2 is 2.14 bits per heavy atom. The molecule has 2 rings (SSSR count). The van der Waals surface area contributed by atoms with E-state index in [2.05, 4.69) is 14.9 Å². The summed E-state index contributed by atoms with van der Waals surface area (Å²) in [5.41, 5.74) is 0.864. The SMILES string of the molecule is ClCc1cc(N2CCOCC2)ncn1. The smallest absolute Gasteiger partial charge is 0.132 e. The molecule has 1 aromatic rings. The van der Waals surface area contributed by atoms with Gasteiger partial charge in [-0.2, -0.15) is 0 Å². The zero-order valence-corrected chi connectivity index (χ0v) is 8.57. The van der Waals surface area contributed by atoms with Crippen molar-refractivity contribution in [2.75, 3.05) is 31.2 Å². The first-order chi connectivity index (χ1) is 6.90. The van der Waals surface area contributed by atoms with Gasteiger partial charge in [0.2, 0.25) is 0 Å². The molecule has 0 spiro atoms. The van der Waals surface area contributed by atoms with Gasteiger partial charge in [0.05, 0.1) is 24.8 Å². The molecule has 0 unspecified atom stereocenters. The van der Waals surface area contributed by atoms with Crippen LogP contribution in [-0.2, 0) is 10.6 Å².